The summed E-state index contributed by atoms with van der Waals surface area (Å²) in [5.41, 5.74) is 6.39. The number of carbonyl (C=O) groups is 1. The highest BCUT2D eigenvalue weighted by Gasteiger charge is 2.41. The fourth-order valence-electron chi connectivity index (χ4n) is 4.66. The number of fused-ring (bicyclic) bond motifs is 3. The molecule has 0 fully saturated rings. The van der Waals surface area contributed by atoms with Crippen molar-refractivity contribution in [2.24, 2.45) is 5.41 Å². The molecule has 0 radical (unpaired) electrons. The first-order valence-corrected chi connectivity index (χ1v) is 9.49. The van der Waals surface area contributed by atoms with Crippen LogP contribution in [0.3, 0.4) is 0 Å². The van der Waals surface area contributed by atoms with Crippen molar-refractivity contribution >= 4 is 22.4 Å². The number of nitrogens with one attached hydrogen (secondary N) is 1. The smallest absolute Gasteiger partial charge is 0.162 e. The predicted molar refractivity (Wildman–Crippen MR) is 109 cm³/mol. The lowest BCUT2D eigenvalue weighted by Crippen LogP contribution is -2.33. The Bertz CT molecular complexity index is 1100. The van der Waals surface area contributed by atoms with E-state index in [1.54, 1.807) is 0 Å². The number of hydrogen-bond acceptors (Lipinski definition) is 3. The number of benzene rings is 2. The van der Waals surface area contributed by atoms with Gasteiger partial charge in [-0.1, -0.05) is 50.2 Å². The Kier molecular flexibility index (Phi) is 3.48. The molecular formula is C24H22N2O. The lowest BCUT2D eigenvalue weighted by atomic mass is 9.68. The van der Waals surface area contributed by atoms with Gasteiger partial charge in [-0.05, 0) is 41.2 Å². The zero-order valence-electron chi connectivity index (χ0n) is 15.6. The van der Waals surface area contributed by atoms with Gasteiger partial charge in [0, 0.05) is 40.9 Å². The van der Waals surface area contributed by atoms with Crippen LogP contribution < -0.4 is 5.32 Å². The molecule has 2 aliphatic rings. The van der Waals surface area contributed by atoms with Gasteiger partial charge in [0.15, 0.2) is 5.78 Å². The van der Waals surface area contributed by atoms with Crippen LogP contribution in [0.2, 0.25) is 0 Å². The van der Waals surface area contributed by atoms with Crippen molar-refractivity contribution in [1.82, 2.24) is 4.98 Å². The highest BCUT2D eigenvalue weighted by Crippen LogP contribution is 2.50. The summed E-state index contributed by atoms with van der Waals surface area (Å²) in [4.78, 5) is 17.8. The first kappa shape index (κ1) is 16.2. The van der Waals surface area contributed by atoms with E-state index in [1.807, 2.05) is 18.3 Å². The minimum atomic E-state index is -0.0473. The Morgan fingerprint density at radius 3 is 2.63 bits per heavy atom. The van der Waals surface area contributed by atoms with Crippen LogP contribution in [0.4, 0.5) is 5.69 Å². The molecule has 0 saturated carbocycles. The van der Waals surface area contributed by atoms with Crippen LogP contribution in [0.1, 0.15) is 43.7 Å². The first-order chi connectivity index (χ1) is 13.0. The third-order valence-corrected chi connectivity index (χ3v) is 5.74. The Morgan fingerprint density at radius 2 is 1.81 bits per heavy atom. The summed E-state index contributed by atoms with van der Waals surface area (Å²) in [7, 11) is 0. The van der Waals surface area contributed by atoms with Crippen molar-refractivity contribution in [1.29, 1.82) is 0 Å². The molecule has 1 atom stereocenters. The third kappa shape index (κ3) is 2.57. The van der Waals surface area contributed by atoms with Crippen LogP contribution in [0.15, 0.2) is 72.1 Å². The molecule has 0 spiro atoms. The minimum absolute atomic E-state index is 0.0138. The Balaban J connectivity index is 1.82. The third-order valence-electron chi connectivity index (χ3n) is 5.74. The fraction of sp³-hybridized carbons (Fsp3) is 0.250. The number of Topliss-reactive ketones (excluding diaryl/α,β-unsaturated/α-hetero) is 1. The van der Waals surface area contributed by atoms with E-state index in [0.29, 0.717) is 6.42 Å². The molecule has 5 rings (SSSR count). The van der Waals surface area contributed by atoms with E-state index in [9.17, 15) is 4.79 Å². The second kappa shape index (κ2) is 5.78. The molecule has 3 nitrogen and oxygen atoms in total. The fourth-order valence-corrected chi connectivity index (χ4v) is 4.66. The molecule has 1 aromatic heterocycles. The number of nitrogens with zero attached hydrogens (tertiary/aromatic N) is 1. The summed E-state index contributed by atoms with van der Waals surface area (Å²) in [5.74, 6) is 0.211. The van der Waals surface area contributed by atoms with Crippen molar-refractivity contribution in [2.75, 3.05) is 5.32 Å². The molecule has 1 N–H and O–H groups in total. The van der Waals surface area contributed by atoms with Crippen molar-refractivity contribution in [3.8, 4) is 0 Å². The molecule has 27 heavy (non-hydrogen) atoms. The highest BCUT2D eigenvalue weighted by atomic mass is 16.1. The predicted octanol–water partition coefficient (Wildman–Crippen LogP) is 5.44. The topological polar surface area (TPSA) is 42.0 Å². The standard InChI is InChI=1S/C24H22N2O/c1-24(2)13-19-23(20(27)14-24)21(15-7-4-3-5-8-15)22-16-9-6-12-25-17(16)10-11-18(22)26-19/h3-12,21,26H,13-14H2,1-2H3. The van der Waals surface area contributed by atoms with E-state index < -0.39 is 0 Å². The maximum absolute atomic E-state index is 13.3. The van der Waals surface area contributed by atoms with Crippen molar-refractivity contribution in [3.63, 3.8) is 0 Å². The van der Waals surface area contributed by atoms with Gasteiger partial charge < -0.3 is 5.32 Å². The maximum Gasteiger partial charge on any atom is 0.162 e. The average Bonchev–Trinajstić information content (AvgIpc) is 2.66. The quantitative estimate of drug-likeness (QED) is 0.633. The summed E-state index contributed by atoms with van der Waals surface area (Å²) >= 11 is 0. The first-order valence-electron chi connectivity index (χ1n) is 9.49. The molecule has 134 valence electrons. The van der Waals surface area contributed by atoms with Crippen LogP contribution in [-0.4, -0.2) is 10.8 Å². The van der Waals surface area contributed by atoms with Crippen molar-refractivity contribution in [3.05, 3.63) is 83.2 Å². The summed E-state index contributed by atoms with van der Waals surface area (Å²) < 4.78 is 0. The Hall–Kier alpha value is -2.94. The molecule has 2 aromatic carbocycles. The molecule has 1 unspecified atom stereocenters. The van der Waals surface area contributed by atoms with Gasteiger partial charge in [0.2, 0.25) is 0 Å². The molecule has 2 heterocycles. The summed E-state index contributed by atoms with van der Waals surface area (Å²) in [6.45, 7) is 4.35. The largest absolute Gasteiger partial charge is 0.358 e. The van der Waals surface area contributed by atoms with E-state index in [4.69, 9.17) is 0 Å². The molecule has 0 saturated heterocycles. The molecular weight excluding hydrogens is 332 g/mol. The summed E-state index contributed by atoms with van der Waals surface area (Å²) in [6, 6.07) is 18.6. The number of rotatable bonds is 1. The second-order valence-electron chi connectivity index (χ2n) is 8.40. The van der Waals surface area contributed by atoms with Crippen LogP contribution in [0.5, 0.6) is 0 Å². The molecule has 3 aromatic rings. The number of carbonyl (C=O) groups excluding carboxylic acids is 1. The van der Waals surface area contributed by atoms with E-state index in [0.717, 1.165) is 39.8 Å². The van der Waals surface area contributed by atoms with Gasteiger partial charge >= 0.3 is 0 Å². The normalized spacial score (nSPS) is 20.8. The number of hydrogen-bond donors (Lipinski definition) is 1. The van der Waals surface area contributed by atoms with Gasteiger partial charge in [-0.2, -0.15) is 0 Å². The van der Waals surface area contributed by atoms with Gasteiger partial charge in [-0.3, -0.25) is 9.78 Å². The van der Waals surface area contributed by atoms with Crippen LogP contribution in [0, 0.1) is 5.41 Å². The number of anilines is 1. The second-order valence-corrected chi connectivity index (χ2v) is 8.40. The Morgan fingerprint density at radius 1 is 1.00 bits per heavy atom. The summed E-state index contributed by atoms with van der Waals surface area (Å²) in [5, 5.41) is 4.72. The van der Waals surface area contributed by atoms with Crippen LogP contribution in [0.25, 0.3) is 10.9 Å². The lowest BCUT2D eigenvalue weighted by Gasteiger charge is -2.39. The zero-order chi connectivity index (χ0) is 18.6. The van der Waals surface area contributed by atoms with Crippen LogP contribution >= 0.6 is 0 Å². The number of pyridine rings is 1. The summed E-state index contributed by atoms with van der Waals surface area (Å²) in [6.07, 6.45) is 3.30. The highest BCUT2D eigenvalue weighted by molar-refractivity contribution is 6.04. The van der Waals surface area contributed by atoms with E-state index in [2.05, 4.69) is 66.6 Å². The molecule has 0 amide bonds. The minimum Gasteiger partial charge on any atom is -0.358 e. The monoisotopic (exact) mass is 354 g/mol. The lowest BCUT2D eigenvalue weighted by molar-refractivity contribution is -0.118. The van der Waals surface area contributed by atoms with Crippen molar-refractivity contribution < 1.29 is 4.79 Å². The SMILES string of the molecule is CC1(C)CC(=O)C2=C(C1)Nc1ccc3ncccc3c1C2c1ccccc1. The Labute approximate surface area is 159 Å². The molecule has 1 aliphatic carbocycles. The molecule has 3 heteroatoms. The van der Waals surface area contributed by atoms with Crippen molar-refractivity contribution in [2.45, 2.75) is 32.6 Å². The van der Waals surface area contributed by atoms with E-state index in [1.165, 1.54) is 5.56 Å². The number of allylic oxidation sites excluding steroid dienone is 2. The van der Waals surface area contributed by atoms with Gasteiger partial charge in [0.1, 0.15) is 0 Å². The zero-order valence-corrected chi connectivity index (χ0v) is 15.6. The molecule has 1 aliphatic heterocycles. The number of aromatic nitrogens is 1. The van der Waals surface area contributed by atoms with Gasteiger partial charge in [0.25, 0.3) is 0 Å². The van der Waals surface area contributed by atoms with Gasteiger partial charge in [-0.25, -0.2) is 0 Å². The van der Waals surface area contributed by atoms with Gasteiger partial charge in [-0.15, -0.1) is 0 Å². The number of ketones is 1. The molecule has 0 bridgehead atoms. The maximum atomic E-state index is 13.3. The van der Waals surface area contributed by atoms with Crippen LogP contribution in [-0.2, 0) is 4.79 Å². The van der Waals surface area contributed by atoms with Gasteiger partial charge in [0.05, 0.1) is 5.52 Å². The average molecular weight is 354 g/mol. The van der Waals surface area contributed by atoms with E-state index >= 15 is 0 Å². The van der Waals surface area contributed by atoms with E-state index in [-0.39, 0.29) is 17.1 Å².